The van der Waals surface area contributed by atoms with Crippen molar-refractivity contribution in [3.05, 3.63) is 35.9 Å². The van der Waals surface area contributed by atoms with Crippen LogP contribution in [0.5, 0.6) is 0 Å². The molecule has 4 N–H and O–H groups in total. The average molecular weight is 538 g/mol. The molecule has 0 bridgehead atoms. The summed E-state index contributed by atoms with van der Waals surface area (Å²) in [6, 6.07) is 7.10. The Hall–Kier alpha value is -2.26. The first-order chi connectivity index (χ1) is 17.2. The van der Waals surface area contributed by atoms with E-state index in [1.807, 2.05) is 44.2 Å². The van der Waals surface area contributed by atoms with E-state index in [4.69, 9.17) is 4.74 Å². The Morgan fingerprint density at radius 3 is 2.11 bits per heavy atom. The number of hydrogen-bond acceptors (Lipinski definition) is 6. The summed E-state index contributed by atoms with van der Waals surface area (Å²) in [5, 5.41) is 19.5. The minimum absolute atomic E-state index is 0.239. The molecule has 0 heterocycles. The molecule has 37 heavy (non-hydrogen) atoms. The summed E-state index contributed by atoms with van der Waals surface area (Å²) in [6.45, 7) is 15.1. The fourth-order valence-corrected chi connectivity index (χ4v) is 4.49. The SMILES string of the molecule is CC(C)C[C@H](NC(=O)[C@H](C)NC(=O)[C@H](Cc1ccccc1)NC(=O)OC(C)(C)C)[C@@H](O)CCSC(C)C. The molecule has 4 atom stereocenters. The molecule has 210 valence electrons. The van der Waals surface area contributed by atoms with Crippen molar-refractivity contribution >= 4 is 29.7 Å². The van der Waals surface area contributed by atoms with Gasteiger partial charge in [0.25, 0.3) is 0 Å². The van der Waals surface area contributed by atoms with Gasteiger partial charge in [0, 0.05) is 6.42 Å². The number of carbonyl (C=O) groups is 3. The predicted octanol–water partition coefficient (Wildman–Crippen LogP) is 4.05. The first-order valence-electron chi connectivity index (χ1n) is 13.1. The van der Waals surface area contributed by atoms with E-state index >= 15 is 0 Å². The monoisotopic (exact) mass is 537 g/mol. The highest BCUT2D eigenvalue weighted by Crippen LogP contribution is 2.16. The summed E-state index contributed by atoms with van der Waals surface area (Å²) >= 11 is 1.77. The van der Waals surface area contributed by atoms with E-state index in [2.05, 4.69) is 29.8 Å². The van der Waals surface area contributed by atoms with Gasteiger partial charge in [-0.05, 0) is 63.0 Å². The fourth-order valence-electron chi connectivity index (χ4n) is 3.64. The molecule has 0 aliphatic heterocycles. The summed E-state index contributed by atoms with van der Waals surface area (Å²) in [5.41, 5.74) is 0.139. The van der Waals surface area contributed by atoms with Crippen molar-refractivity contribution in [1.82, 2.24) is 16.0 Å². The van der Waals surface area contributed by atoms with Crippen molar-refractivity contribution in [1.29, 1.82) is 0 Å². The van der Waals surface area contributed by atoms with Crippen LogP contribution in [0.4, 0.5) is 4.79 Å². The van der Waals surface area contributed by atoms with E-state index in [0.717, 1.165) is 11.3 Å². The van der Waals surface area contributed by atoms with Gasteiger partial charge in [-0.15, -0.1) is 0 Å². The molecule has 8 nitrogen and oxygen atoms in total. The molecule has 1 aromatic carbocycles. The molecule has 9 heteroatoms. The van der Waals surface area contributed by atoms with E-state index in [1.54, 1.807) is 39.5 Å². The second-order valence-corrected chi connectivity index (χ2v) is 12.8. The highest BCUT2D eigenvalue weighted by Gasteiger charge is 2.29. The Kier molecular flexibility index (Phi) is 14.1. The number of rotatable bonds is 14. The Balaban J connectivity index is 2.87. The normalized spacial score (nSPS) is 15.0. The smallest absolute Gasteiger partial charge is 0.408 e. The van der Waals surface area contributed by atoms with Crippen molar-refractivity contribution in [2.24, 2.45) is 5.92 Å². The molecule has 0 radical (unpaired) electrons. The lowest BCUT2D eigenvalue weighted by atomic mass is 9.97. The molecular formula is C28H47N3O5S. The summed E-state index contributed by atoms with van der Waals surface area (Å²) in [5.74, 6) is 0.195. The molecule has 0 unspecified atom stereocenters. The van der Waals surface area contributed by atoms with E-state index in [1.165, 1.54) is 0 Å². The molecule has 0 saturated heterocycles. The quantitative estimate of drug-likeness (QED) is 0.285. The molecule has 1 aromatic rings. The molecule has 0 aromatic heterocycles. The number of aliphatic hydroxyl groups is 1. The van der Waals surface area contributed by atoms with Crippen molar-refractivity contribution in [2.45, 2.75) is 110 Å². The second kappa shape index (κ2) is 15.9. The van der Waals surface area contributed by atoms with Gasteiger partial charge in [-0.25, -0.2) is 4.79 Å². The van der Waals surface area contributed by atoms with Crippen LogP contribution in [0.25, 0.3) is 0 Å². The third-order valence-corrected chi connectivity index (χ3v) is 6.56. The number of nitrogens with one attached hydrogen (secondary N) is 3. The van der Waals surface area contributed by atoms with Gasteiger partial charge < -0.3 is 25.8 Å². The summed E-state index contributed by atoms with van der Waals surface area (Å²) in [4.78, 5) is 38.6. The summed E-state index contributed by atoms with van der Waals surface area (Å²) < 4.78 is 5.33. The highest BCUT2D eigenvalue weighted by atomic mass is 32.2. The van der Waals surface area contributed by atoms with Gasteiger partial charge in [-0.1, -0.05) is 58.0 Å². The number of aliphatic hydroxyl groups excluding tert-OH is 1. The predicted molar refractivity (Wildman–Crippen MR) is 151 cm³/mol. The lowest BCUT2D eigenvalue weighted by Gasteiger charge is -2.28. The van der Waals surface area contributed by atoms with Gasteiger partial charge >= 0.3 is 6.09 Å². The molecule has 3 amide bonds. The number of carbonyl (C=O) groups excluding carboxylic acids is 3. The summed E-state index contributed by atoms with van der Waals surface area (Å²) in [6.07, 6.45) is 0.0413. The van der Waals surface area contributed by atoms with Crippen LogP contribution in [-0.4, -0.2) is 63.8 Å². The molecule has 0 aliphatic rings. The standard InChI is InChI=1S/C28H47N3O5S/c1-18(2)16-22(24(32)14-15-37-19(3)4)30-25(33)20(5)29-26(34)23(17-21-12-10-9-11-13-21)31-27(35)36-28(6,7)8/h9-13,18-20,22-24,32H,14-17H2,1-8H3,(H,29,34)(H,30,33)(H,31,35)/t20-,22-,23-,24-/m0/s1. The topological polar surface area (TPSA) is 117 Å². The van der Waals surface area contributed by atoms with Crippen LogP contribution in [0.15, 0.2) is 30.3 Å². The minimum atomic E-state index is -0.933. The number of alkyl carbamates (subject to hydrolysis) is 1. The van der Waals surface area contributed by atoms with E-state index in [9.17, 15) is 19.5 Å². The van der Waals surface area contributed by atoms with Crippen LogP contribution in [0, 0.1) is 5.92 Å². The van der Waals surface area contributed by atoms with Gasteiger partial charge in [-0.2, -0.15) is 11.8 Å². The van der Waals surface area contributed by atoms with E-state index < -0.39 is 41.8 Å². The number of thioether (sulfide) groups is 1. The largest absolute Gasteiger partial charge is 0.444 e. The second-order valence-electron chi connectivity index (χ2n) is 11.1. The lowest BCUT2D eigenvalue weighted by Crippen LogP contribution is -2.56. The van der Waals surface area contributed by atoms with Crippen LogP contribution in [0.2, 0.25) is 0 Å². The first-order valence-corrected chi connectivity index (χ1v) is 14.2. The molecule has 0 spiro atoms. The highest BCUT2D eigenvalue weighted by molar-refractivity contribution is 7.99. The molecule has 1 rings (SSSR count). The Bertz CT molecular complexity index is 842. The van der Waals surface area contributed by atoms with E-state index in [-0.39, 0.29) is 18.2 Å². The molecular weight excluding hydrogens is 490 g/mol. The maximum absolute atomic E-state index is 13.2. The van der Waals surface area contributed by atoms with Crippen LogP contribution < -0.4 is 16.0 Å². The van der Waals surface area contributed by atoms with Gasteiger partial charge in [-0.3, -0.25) is 9.59 Å². The lowest BCUT2D eigenvalue weighted by molar-refractivity contribution is -0.130. The van der Waals surface area contributed by atoms with Crippen molar-refractivity contribution in [3.63, 3.8) is 0 Å². The zero-order chi connectivity index (χ0) is 28.2. The van der Waals surface area contributed by atoms with Crippen LogP contribution >= 0.6 is 11.8 Å². The number of amides is 3. The van der Waals surface area contributed by atoms with Crippen LogP contribution in [-0.2, 0) is 20.7 Å². The Morgan fingerprint density at radius 1 is 0.946 bits per heavy atom. The number of hydrogen-bond donors (Lipinski definition) is 4. The third-order valence-electron chi connectivity index (χ3n) is 5.42. The molecule has 0 saturated carbocycles. The van der Waals surface area contributed by atoms with Gasteiger partial charge in [0.2, 0.25) is 11.8 Å². The van der Waals surface area contributed by atoms with E-state index in [0.29, 0.717) is 18.1 Å². The first kappa shape index (κ1) is 32.8. The zero-order valence-electron chi connectivity index (χ0n) is 23.7. The van der Waals surface area contributed by atoms with Crippen molar-refractivity contribution < 1.29 is 24.2 Å². The number of benzene rings is 1. The maximum Gasteiger partial charge on any atom is 0.408 e. The van der Waals surface area contributed by atoms with Crippen LogP contribution in [0.3, 0.4) is 0 Å². The van der Waals surface area contributed by atoms with Gasteiger partial charge in [0.15, 0.2) is 0 Å². The zero-order valence-corrected chi connectivity index (χ0v) is 24.5. The molecule has 0 aliphatic carbocycles. The maximum atomic E-state index is 13.2. The average Bonchev–Trinajstić information content (AvgIpc) is 2.76. The van der Waals surface area contributed by atoms with Crippen molar-refractivity contribution in [3.8, 4) is 0 Å². The van der Waals surface area contributed by atoms with Gasteiger partial charge in [0.1, 0.15) is 17.7 Å². The Morgan fingerprint density at radius 2 is 1.57 bits per heavy atom. The minimum Gasteiger partial charge on any atom is -0.444 e. The fraction of sp³-hybridized carbons (Fsp3) is 0.679. The number of ether oxygens (including phenoxy) is 1. The van der Waals surface area contributed by atoms with Gasteiger partial charge in [0.05, 0.1) is 12.1 Å². The summed E-state index contributed by atoms with van der Waals surface area (Å²) in [7, 11) is 0. The van der Waals surface area contributed by atoms with Crippen LogP contribution in [0.1, 0.15) is 73.8 Å². The third kappa shape index (κ3) is 14.3. The molecule has 0 fully saturated rings. The van der Waals surface area contributed by atoms with Crippen molar-refractivity contribution in [2.75, 3.05) is 5.75 Å². The Labute approximate surface area is 227 Å².